The molecule has 4 aromatic rings. The summed E-state index contributed by atoms with van der Waals surface area (Å²) in [5.41, 5.74) is 1.65. The molecule has 0 spiro atoms. The molecule has 0 saturated carbocycles. The number of fused-ring (bicyclic) bond motifs is 1. The van der Waals surface area contributed by atoms with Crippen molar-refractivity contribution in [1.82, 2.24) is 9.55 Å². The molecule has 0 aliphatic carbocycles. The number of carbonyl (C=O) groups is 1. The molecule has 2 aromatic heterocycles. The normalized spacial score (nSPS) is 10.9. The zero-order valence-corrected chi connectivity index (χ0v) is 18.0. The highest BCUT2D eigenvalue weighted by molar-refractivity contribution is 7.22. The number of benzene rings is 2. The van der Waals surface area contributed by atoms with Crippen LogP contribution in [0.1, 0.15) is 0 Å². The molecule has 9 heteroatoms. The Hall–Kier alpha value is -2.87. The van der Waals surface area contributed by atoms with Gasteiger partial charge in [-0.3, -0.25) is 14.2 Å². The van der Waals surface area contributed by atoms with Crippen LogP contribution in [-0.2, 0) is 11.3 Å². The van der Waals surface area contributed by atoms with Crippen LogP contribution in [0.2, 0.25) is 10.0 Å². The highest BCUT2D eigenvalue weighted by Gasteiger charge is 2.14. The number of amides is 1. The third-order valence-corrected chi connectivity index (χ3v) is 6.40. The van der Waals surface area contributed by atoms with Gasteiger partial charge in [-0.1, -0.05) is 29.3 Å². The summed E-state index contributed by atoms with van der Waals surface area (Å²) in [6.45, 7) is -0.194. The van der Waals surface area contributed by atoms with E-state index in [2.05, 4.69) is 10.3 Å². The van der Waals surface area contributed by atoms with E-state index in [1.165, 1.54) is 22.2 Å². The number of nitrogens with zero attached hydrogens (tertiary/aromatic N) is 2. The Labute approximate surface area is 185 Å². The first-order chi connectivity index (χ1) is 14.5. The molecule has 2 heterocycles. The van der Waals surface area contributed by atoms with Crippen LogP contribution in [0.15, 0.2) is 59.7 Å². The summed E-state index contributed by atoms with van der Waals surface area (Å²) in [6, 6.07) is 14.4. The summed E-state index contributed by atoms with van der Waals surface area (Å²) < 4.78 is 6.93. The average molecular weight is 460 g/mol. The van der Waals surface area contributed by atoms with Crippen molar-refractivity contribution in [3.63, 3.8) is 0 Å². The molecule has 1 N–H and O–H groups in total. The van der Waals surface area contributed by atoms with Gasteiger partial charge in [0.05, 0.1) is 34.7 Å². The highest BCUT2D eigenvalue weighted by atomic mass is 35.5. The summed E-state index contributed by atoms with van der Waals surface area (Å²) in [6.07, 6.45) is 1.37. The molecule has 30 heavy (non-hydrogen) atoms. The Morgan fingerprint density at radius 2 is 1.97 bits per heavy atom. The summed E-state index contributed by atoms with van der Waals surface area (Å²) in [7, 11) is 1.61. The van der Waals surface area contributed by atoms with E-state index in [1.807, 2.05) is 30.3 Å². The van der Waals surface area contributed by atoms with E-state index in [-0.39, 0.29) is 17.1 Å². The van der Waals surface area contributed by atoms with Gasteiger partial charge >= 0.3 is 0 Å². The number of aromatic nitrogens is 2. The van der Waals surface area contributed by atoms with Crippen LogP contribution in [-0.4, -0.2) is 22.6 Å². The van der Waals surface area contributed by atoms with Gasteiger partial charge < -0.3 is 10.1 Å². The first-order valence-corrected chi connectivity index (χ1v) is 10.4. The van der Waals surface area contributed by atoms with Crippen LogP contribution in [0.4, 0.5) is 5.69 Å². The molecule has 4 rings (SSSR count). The Morgan fingerprint density at radius 3 is 2.70 bits per heavy atom. The maximum atomic E-state index is 12.9. The van der Waals surface area contributed by atoms with Gasteiger partial charge in [0.2, 0.25) is 5.91 Å². The second kappa shape index (κ2) is 8.47. The van der Waals surface area contributed by atoms with Gasteiger partial charge in [0.25, 0.3) is 5.56 Å². The molecular weight excluding hydrogens is 445 g/mol. The minimum atomic E-state index is -0.408. The third-order valence-electron chi connectivity index (χ3n) is 4.42. The van der Waals surface area contributed by atoms with Crippen molar-refractivity contribution in [3.8, 4) is 16.2 Å². The van der Waals surface area contributed by atoms with Gasteiger partial charge in [-0.25, -0.2) is 4.98 Å². The van der Waals surface area contributed by atoms with E-state index in [1.54, 1.807) is 25.3 Å². The van der Waals surface area contributed by atoms with Gasteiger partial charge in [-0.2, -0.15) is 0 Å². The fourth-order valence-corrected chi connectivity index (χ4v) is 4.31. The van der Waals surface area contributed by atoms with Gasteiger partial charge in [-0.05, 0) is 48.0 Å². The molecule has 1 amide bonds. The summed E-state index contributed by atoms with van der Waals surface area (Å²) >= 11 is 13.4. The first kappa shape index (κ1) is 20.4. The van der Waals surface area contributed by atoms with Crippen LogP contribution in [0.3, 0.4) is 0 Å². The molecule has 152 valence electrons. The summed E-state index contributed by atoms with van der Waals surface area (Å²) in [5, 5.41) is 3.24. The van der Waals surface area contributed by atoms with Crippen molar-refractivity contribution in [2.24, 2.45) is 0 Å². The number of methoxy groups -OCH3 is 1. The maximum absolute atomic E-state index is 12.9. The number of ether oxygens (including phenoxy) is 1. The Bertz CT molecular complexity index is 1300. The smallest absolute Gasteiger partial charge is 0.271 e. The fourth-order valence-electron chi connectivity index (χ4n) is 2.90. The average Bonchev–Trinajstić information content (AvgIpc) is 3.19. The zero-order chi connectivity index (χ0) is 21.3. The highest BCUT2D eigenvalue weighted by Crippen LogP contribution is 2.32. The quantitative estimate of drug-likeness (QED) is 0.451. The lowest BCUT2D eigenvalue weighted by Crippen LogP contribution is -2.27. The Balaban J connectivity index is 1.59. The monoisotopic (exact) mass is 459 g/mol. The van der Waals surface area contributed by atoms with Crippen molar-refractivity contribution >= 4 is 56.3 Å². The van der Waals surface area contributed by atoms with E-state index < -0.39 is 5.91 Å². The van der Waals surface area contributed by atoms with Gasteiger partial charge in [-0.15, -0.1) is 11.3 Å². The van der Waals surface area contributed by atoms with Crippen LogP contribution >= 0.6 is 34.5 Å². The molecule has 0 unspecified atom stereocenters. The Morgan fingerprint density at radius 1 is 1.20 bits per heavy atom. The minimum absolute atomic E-state index is 0.194. The van der Waals surface area contributed by atoms with Crippen LogP contribution in [0.5, 0.6) is 5.75 Å². The number of halogens is 2. The van der Waals surface area contributed by atoms with Gasteiger partial charge in [0.15, 0.2) is 0 Å². The second-order valence-corrected chi connectivity index (χ2v) is 8.22. The lowest BCUT2D eigenvalue weighted by Gasteiger charge is -2.09. The molecule has 0 aliphatic heterocycles. The minimum Gasteiger partial charge on any atom is -0.497 e. The lowest BCUT2D eigenvalue weighted by atomic mass is 10.2. The molecule has 2 aromatic carbocycles. The lowest BCUT2D eigenvalue weighted by molar-refractivity contribution is -0.116. The molecule has 6 nitrogen and oxygen atoms in total. The number of rotatable bonds is 5. The topological polar surface area (TPSA) is 73.2 Å². The number of carbonyl (C=O) groups excluding carboxylic acids is 1. The van der Waals surface area contributed by atoms with E-state index in [4.69, 9.17) is 27.9 Å². The summed E-state index contributed by atoms with van der Waals surface area (Å²) in [5.74, 6) is 0.348. The molecule has 0 atom stereocenters. The number of anilines is 1. The molecule has 0 saturated heterocycles. The first-order valence-electron chi connectivity index (χ1n) is 8.83. The van der Waals surface area contributed by atoms with E-state index in [0.29, 0.717) is 20.9 Å². The van der Waals surface area contributed by atoms with Gasteiger partial charge in [0.1, 0.15) is 17.0 Å². The van der Waals surface area contributed by atoms with Crippen molar-refractivity contribution in [2.75, 3.05) is 12.4 Å². The largest absolute Gasteiger partial charge is 0.497 e. The van der Waals surface area contributed by atoms with Crippen LogP contribution in [0.25, 0.3) is 20.7 Å². The standard InChI is InChI=1S/C21H15Cl2N3O3S/c1-29-13-7-5-12(6-8-13)17-9-16-20(30-17)21(28)26(11-24-16)10-18(27)25-15-4-2-3-14(22)19(15)23/h2-9,11H,10H2,1H3,(H,25,27). The predicted molar refractivity (Wildman–Crippen MR) is 121 cm³/mol. The second-order valence-electron chi connectivity index (χ2n) is 6.38. The maximum Gasteiger partial charge on any atom is 0.271 e. The SMILES string of the molecule is COc1ccc(-c2cc3ncn(CC(=O)Nc4cccc(Cl)c4Cl)c(=O)c3s2)cc1. The fraction of sp³-hybridized carbons (Fsp3) is 0.0952. The molecular formula is C21H15Cl2N3O3S. The predicted octanol–water partition coefficient (Wildman–Crippen LogP) is 5.08. The number of hydrogen-bond donors (Lipinski definition) is 1. The number of hydrogen-bond acceptors (Lipinski definition) is 5. The van der Waals surface area contributed by atoms with E-state index in [9.17, 15) is 9.59 Å². The van der Waals surface area contributed by atoms with Crippen molar-refractivity contribution in [2.45, 2.75) is 6.54 Å². The van der Waals surface area contributed by atoms with E-state index in [0.717, 1.165) is 16.2 Å². The summed E-state index contributed by atoms with van der Waals surface area (Å²) in [4.78, 5) is 30.5. The molecule has 0 bridgehead atoms. The van der Waals surface area contributed by atoms with E-state index >= 15 is 0 Å². The number of nitrogens with one attached hydrogen (secondary N) is 1. The molecule has 0 fully saturated rings. The molecule has 0 radical (unpaired) electrons. The molecule has 0 aliphatic rings. The van der Waals surface area contributed by atoms with Crippen molar-refractivity contribution in [3.05, 3.63) is 75.3 Å². The van der Waals surface area contributed by atoms with Crippen molar-refractivity contribution in [1.29, 1.82) is 0 Å². The third kappa shape index (κ3) is 4.05. The van der Waals surface area contributed by atoms with Crippen LogP contribution < -0.4 is 15.6 Å². The zero-order valence-electron chi connectivity index (χ0n) is 15.7. The Kier molecular flexibility index (Phi) is 5.76. The van der Waals surface area contributed by atoms with Crippen molar-refractivity contribution < 1.29 is 9.53 Å². The number of thiophene rings is 1. The van der Waals surface area contributed by atoms with Crippen LogP contribution in [0, 0.1) is 0 Å². The van der Waals surface area contributed by atoms with Gasteiger partial charge in [0, 0.05) is 4.88 Å².